The summed E-state index contributed by atoms with van der Waals surface area (Å²) in [7, 11) is 0. The zero-order valence-corrected chi connectivity index (χ0v) is 22.7. The van der Waals surface area contributed by atoms with Gasteiger partial charge in [-0.3, -0.25) is 4.79 Å². The van der Waals surface area contributed by atoms with Gasteiger partial charge in [0.05, 0.1) is 23.1 Å². The second-order valence-electron chi connectivity index (χ2n) is 11.2. The standard InChI is InChI=1S/C30H38N4O3/c1-20(2)22-9-13-25(14-10-22)34-27(23-15-17-33(18-16-23)29(36)37-30(4,5)6)26(19-31-34)28(35)32-24-11-7-21(3)8-12-24/h7-14,19-20,23H,15-18H2,1-6H3,(H,32,35). The number of anilines is 1. The second-order valence-corrected chi connectivity index (χ2v) is 11.2. The molecule has 2 amide bonds. The van der Waals surface area contributed by atoms with Gasteiger partial charge in [0.2, 0.25) is 0 Å². The predicted molar refractivity (Wildman–Crippen MR) is 147 cm³/mol. The maximum absolute atomic E-state index is 13.4. The number of hydrogen-bond donors (Lipinski definition) is 1. The summed E-state index contributed by atoms with van der Waals surface area (Å²) < 4.78 is 7.46. The third kappa shape index (κ3) is 6.40. The van der Waals surface area contributed by atoms with Crippen molar-refractivity contribution in [3.8, 4) is 5.69 Å². The number of ether oxygens (including phenoxy) is 1. The molecule has 196 valence electrons. The van der Waals surface area contributed by atoms with Gasteiger partial charge in [-0.2, -0.15) is 5.10 Å². The Bertz CT molecular complexity index is 1230. The molecule has 4 rings (SSSR count). The van der Waals surface area contributed by atoms with Crippen LogP contribution < -0.4 is 5.32 Å². The van der Waals surface area contributed by atoms with Crippen molar-refractivity contribution in [1.82, 2.24) is 14.7 Å². The van der Waals surface area contributed by atoms with Crippen molar-refractivity contribution >= 4 is 17.7 Å². The molecule has 0 unspecified atom stereocenters. The van der Waals surface area contributed by atoms with Crippen LogP contribution in [0.3, 0.4) is 0 Å². The molecule has 1 saturated heterocycles. The molecule has 1 aliphatic rings. The first-order valence-corrected chi connectivity index (χ1v) is 13.1. The van der Waals surface area contributed by atoms with E-state index in [2.05, 4.69) is 48.5 Å². The van der Waals surface area contributed by atoms with Gasteiger partial charge in [0, 0.05) is 24.7 Å². The van der Waals surface area contributed by atoms with Crippen LogP contribution in [0.25, 0.3) is 5.69 Å². The number of rotatable bonds is 5. The molecule has 0 saturated carbocycles. The molecule has 1 fully saturated rings. The Morgan fingerprint density at radius 3 is 2.19 bits per heavy atom. The van der Waals surface area contributed by atoms with Gasteiger partial charge < -0.3 is 15.0 Å². The smallest absolute Gasteiger partial charge is 0.410 e. The Hall–Kier alpha value is -3.61. The largest absolute Gasteiger partial charge is 0.444 e. The molecule has 0 spiro atoms. The van der Waals surface area contributed by atoms with Crippen molar-refractivity contribution < 1.29 is 14.3 Å². The van der Waals surface area contributed by atoms with Crippen molar-refractivity contribution in [2.24, 2.45) is 0 Å². The summed E-state index contributed by atoms with van der Waals surface area (Å²) in [6.45, 7) is 13.1. The van der Waals surface area contributed by atoms with Gasteiger partial charge in [-0.25, -0.2) is 9.48 Å². The number of carbonyl (C=O) groups excluding carboxylic acids is 2. The Labute approximate surface area is 219 Å². The second kappa shape index (κ2) is 10.8. The maximum atomic E-state index is 13.4. The van der Waals surface area contributed by atoms with Crippen LogP contribution in [-0.4, -0.2) is 45.4 Å². The zero-order chi connectivity index (χ0) is 26.7. The van der Waals surface area contributed by atoms with Gasteiger partial charge in [0.15, 0.2) is 0 Å². The number of nitrogens with zero attached hydrogens (tertiary/aromatic N) is 3. The SMILES string of the molecule is Cc1ccc(NC(=O)c2cnn(-c3ccc(C(C)C)cc3)c2C2CCN(C(=O)OC(C)(C)C)CC2)cc1. The van der Waals surface area contributed by atoms with Crippen LogP contribution in [0, 0.1) is 6.92 Å². The molecular formula is C30H38N4O3. The van der Waals surface area contributed by atoms with Gasteiger partial charge in [0.25, 0.3) is 5.91 Å². The van der Waals surface area contributed by atoms with Crippen LogP contribution in [0.4, 0.5) is 10.5 Å². The van der Waals surface area contributed by atoms with E-state index < -0.39 is 5.60 Å². The van der Waals surface area contributed by atoms with Crippen molar-refractivity contribution in [2.75, 3.05) is 18.4 Å². The minimum absolute atomic E-state index is 0.0738. The summed E-state index contributed by atoms with van der Waals surface area (Å²) in [5.74, 6) is 0.322. The molecule has 2 heterocycles. The molecule has 0 atom stereocenters. The number of aromatic nitrogens is 2. The van der Waals surface area contributed by atoms with E-state index in [-0.39, 0.29) is 17.9 Å². The number of hydrogen-bond acceptors (Lipinski definition) is 4. The molecule has 1 aromatic heterocycles. The van der Waals surface area contributed by atoms with E-state index in [4.69, 9.17) is 4.74 Å². The molecule has 1 aliphatic heterocycles. The van der Waals surface area contributed by atoms with Crippen LogP contribution in [0.2, 0.25) is 0 Å². The topological polar surface area (TPSA) is 76.5 Å². The molecule has 1 N–H and O–H groups in total. The summed E-state index contributed by atoms with van der Waals surface area (Å²) in [6.07, 6.45) is 2.82. The van der Waals surface area contributed by atoms with Crippen molar-refractivity contribution in [1.29, 1.82) is 0 Å². The van der Waals surface area contributed by atoms with Gasteiger partial charge in [0.1, 0.15) is 5.60 Å². The summed E-state index contributed by atoms with van der Waals surface area (Å²) >= 11 is 0. The normalized spacial score (nSPS) is 14.6. The van der Waals surface area contributed by atoms with Crippen LogP contribution in [0.5, 0.6) is 0 Å². The Morgan fingerprint density at radius 1 is 1.00 bits per heavy atom. The molecule has 0 aliphatic carbocycles. The fraction of sp³-hybridized carbons (Fsp3) is 0.433. The predicted octanol–water partition coefficient (Wildman–Crippen LogP) is 6.67. The van der Waals surface area contributed by atoms with Crippen molar-refractivity contribution in [3.05, 3.63) is 77.1 Å². The van der Waals surface area contributed by atoms with E-state index in [1.165, 1.54) is 5.56 Å². The lowest BCUT2D eigenvalue weighted by molar-refractivity contribution is 0.0203. The Balaban J connectivity index is 1.62. The van der Waals surface area contributed by atoms with E-state index in [1.54, 1.807) is 11.1 Å². The third-order valence-corrected chi connectivity index (χ3v) is 6.70. The van der Waals surface area contributed by atoms with E-state index in [0.717, 1.165) is 35.5 Å². The summed E-state index contributed by atoms with van der Waals surface area (Å²) in [5.41, 5.74) is 4.96. The highest BCUT2D eigenvalue weighted by atomic mass is 16.6. The average Bonchev–Trinajstić information content (AvgIpc) is 3.30. The molecule has 37 heavy (non-hydrogen) atoms. The quantitative estimate of drug-likeness (QED) is 0.423. The van der Waals surface area contributed by atoms with E-state index >= 15 is 0 Å². The highest BCUT2D eigenvalue weighted by molar-refractivity contribution is 6.05. The molecular weight excluding hydrogens is 464 g/mol. The van der Waals surface area contributed by atoms with Crippen LogP contribution >= 0.6 is 0 Å². The highest BCUT2D eigenvalue weighted by Gasteiger charge is 2.32. The summed E-state index contributed by atoms with van der Waals surface area (Å²) in [5, 5.41) is 7.70. The minimum Gasteiger partial charge on any atom is -0.444 e. The van der Waals surface area contributed by atoms with Gasteiger partial charge in [-0.15, -0.1) is 0 Å². The lowest BCUT2D eigenvalue weighted by Gasteiger charge is -2.34. The van der Waals surface area contributed by atoms with Crippen LogP contribution in [0.15, 0.2) is 54.7 Å². The Kier molecular flexibility index (Phi) is 7.71. The summed E-state index contributed by atoms with van der Waals surface area (Å²) in [6, 6.07) is 16.1. The number of piperidine rings is 1. The van der Waals surface area contributed by atoms with Crippen molar-refractivity contribution in [3.63, 3.8) is 0 Å². The number of likely N-dealkylation sites (tertiary alicyclic amines) is 1. The van der Waals surface area contributed by atoms with E-state index in [1.807, 2.05) is 56.6 Å². The first kappa shape index (κ1) is 26.5. The maximum Gasteiger partial charge on any atom is 0.410 e. The first-order valence-electron chi connectivity index (χ1n) is 13.1. The fourth-order valence-electron chi connectivity index (χ4n) is 4.63. The fourth-order valence-corrected chi connectivity index (χ4v) is 4.63. The summed E-state index contributed by atoms with van der Waals surface area (Å²) in [4.78, 5) is 27.8. The van der Waals surface area contributed by atoms with E-state index in [9.17, 15) is 9.59 Å². The Morgan fingerprint density at radius 2 is 1.62 bits per heavy atom. The van der Waals surface area contributed by atoms with Gasteiger partial charge in [-0.1, -0.05) is 43.7 Å². The third-order valence-electron chi connectivity index (χ3n) is 6.70. The first-order chi connectivity index (χ1) is 17.5. The van der Waals surface area contributed by atoms with Crippen molar-refractivity contribution in [2.45, 2.75) is 71.8 Å². The lowest BCUT2D eigenvalue weighted by Crippen LogP contribution is -2.41. The van der Waals surface area contributed by atoms with Crippen LogP contribution in [-0.2, 0) is 4.74 Å². The van der Waals surface area contributed by atoms with Gasteiger partial charge in [-0.05, 0) is 76.3 Å². The lowest BCUT2D eigenvalue weighted by atomic mass is 9.90. The van der Waals surface area contributed by atoms with E-state index in [0.29, 0.717) is 24.6 Å². The molecule has 0 radical (unpaired) electrons. The highest BCUT2D eigenvalue weighted by Crippen LogP contribution is 2.33. The molecule has 2 aromatic carbocycles. The number of benzene rings is 2. The van der Waals surface area contributed by atoms with Gasteiger partial charge >= 0.3 is 6.09 Å². The number of aryl methyl sites for hydroxylation is 1. The monoisotopic (exact) mass is 502 g/mol. The average molecular weight is 503 g/mol. The molecule has 7 nitrogen and oxygen atoms in total. The number of amides is 2. The number of carbonyl (C=O) groups is 2. The minimum atomic E-state index is -0.532. The molecule has 3 aromatic rings. The zero-order valence-electron chi connectivity index (χ0n) is 22.7. The number of nitrogens with one attached hydrogen (secondary N) is 1. The van der Waals surface area contributed by atoms with Crippen LogP contribution in [0.1, 0.15) is 86.5 Å². The molecule has 0 bridgehead atoms. The molecule has 7 heteroatoms.